The van der Waals surface area contributed by atoms with Gasteiger partial charge in [0.15, 0.2) is 6.61 Å². The maximum Gasteiger partial charge on any atom is 0.282 e. The molecule has 4 rings (SSSR count). The van der Waals surface area contributed by atoms with Gasteiger partial charge in [0.25, 0.3) is 11.5 Å². The number of halogens is 4. The molecule has 35 heavy (non-hydrogen) atoms. The van der Waals surface area contributed by atoms with Crippen LogP contribution in [-0.2, 0) is 4.79 Å². The van der Waals surface area contributed by atoms with Crippen LogP contribution in [0.5, 0.6) is 5.75 Å². The first-order chi connectivity index (χ1) is 16.7. The molecule has 0 radical (unpaired) electrons. The van der Waals surface area contributed by atoms with Crippen LogP contribution < -0.4 is 15.6 Å². The Hall–Kier alpha value is -2.89. The molecule has 0 aliphatic rings. The van der Waals surface area contributed by atoms with Crippen molar-refractivity contribution in [2.75, 3.05) is 11.9 Å². The van der Waals surface area contributed by atoms with Crippen molar-refractivity contribution in [1.82, 2.24) is 9.66 Å². The molecule has 4 aromatic rings. The van der Waals surface area contributed by atoms with Crippen LogP contribution >= 0.6 is 47.8 Å². The Morgan fingerprint density at radius 3 is 2.60 bits per heavy atom. The normalized spacial score (nSPS) is 11.2. The first-order valence-corrected chi connectivity index (χ1v) is 12.5. The monoisotopic (exact) mass is 664 g/mol. The largest absolute Gasteiger partial charge is 0.481 e. The zero-order chi connectivity index (χ0) is 25.1. The highest BCUT2D eigenvalue weighted by Crippen LogP contribution is 2.34. The van der Waals surface area contributed by atoms with Gasteiger partial charge in [-0.05, 0) is 92.9 Å². The highest BCUT2D eigenvalue weighted by Gasteiger charge is 2.12. The van der Waals surface area contributed by atoms with Gasteiger partial charge in [-0.25, -0.2) is 9.37 Å². The Balaban J connectivity index is 1.51. The second kappa shape index (κ2) is 10.8. The maximum atomic E-state index is 13.3. The minimum absolute atomic E-state index is 0.284. The number of hydrogen-bond acceptors (Lipinski definition) is 5. The number of fused-ring (bicyclic) bond motifs is 1. The molecule has 0 spiro atoms. The highest BCUT2D eigenvalue weighted by molar-refractivity contribution is 9.11. The van der Waals surface area contributed by atoms with Gasteiger partial charge in [0.2, 0.25) is 0 Å². The first-order valence-electron chi connectivity index (χ1n) is 10.1. The Morgan fingerprint density at radius 2 is 1.89 bits per heavy atom. The summed E-state index contributed by atoms with van der Waals surface area (Å²) in [5.41, 5.74) is 1.31. The summed E-state index contributed by atoms with van der Waals surface area (Å²) in [5.74, 6) is -0.0350. The molecule has 178 valence electrons. The number of rotatable bonds is 6. The van der Waals surface area contributed by atoms with Crippen LogP contribution in [0, 0.1) is 12.7 Å². The molecule has 1 N–H and O–H groups in total. The topological polar surface area (TPSA) is 85.6 Å². The summed E-state index contributed by atoms with van der Waals surface area (Å²) in [6.07, 6.45) is 1.52. The van der Waals surface area contributed by atoms with Crippen molar-refractivity contribution < 1.29 is 13.9 Å². The summed E-state index contributed by atoms with van der Waals surface area (Å²) in [5, 5.41) is 7.34. The summed E-state index contributed by atoms with van der Waals surface area (Å²) < 4.78 is 22.1. The van der Waals surface area contributed by atoms with Gasteiger partial charge in [0, 0.05) is 10.2 Å². The number of anilines is 1. The molecule has 1 aromatic heterocycles. The van der Waals surface area contributed by atoms with Gasteiger partial charge >= 0.3 is 0 Å². The van der Waals surface area contributed by atoms with E-state index in [0.29, 0.717) is 42.7 Å². The quantitative estimate of drug-likeness (QED) is 0.255. The molecule has 0 aliphatic carbocycles. The third-order valence-electron chi connectivity index (χ3n) is 4.77. The number of aryl methyl sites for hydroxylation is 1. The number of carbonyl (C=O) groups is 1. The summed E-state index contributed by atoms with van der Waals surface area (Å²) in [6, 6.07) is 14.4. The third kappa shape index (κ3) is 6.03. The van der Waals surface area contributed by atoms with E-state index in [-0.39, 0.29) is 12.2 Å². The summed E-state index contributed by atoms with van der Waals surface area (Å²) in [6.45, 7) is 1.42. The number of benzene rings is 3. The average Bonchev–Trinajstić information content (AvgIpc) is 2.79. The van der Waals surface area contributed by atoms with E-state index in [2.05, 4.69) is 63.2 Å². The van der Waals surface area contributed by atoms with Crippen molar-refractivity contribution in [3.8, 4) is 5.75 Å². The zero-order valence-corrected chi connectivity index (χ0v) is 22.8. The van der Waals surface area contributed by atoms with Gasteiger partial charge in [-0.2, -0.15) is 9.78 Å². The van der Waals surface area contributed by atoms with Crippen LogP contribution in [0.2, 0.25) is 0 Å². The standard InChI is InChI=1S/C24H16Br3FN4O3/c1-13-30-21-6-5-15(25)9-18(21)24(34)32(13)29-11-14-7-19(26)23(20(27)8-14)35-12-22(33)31-17-4-2-3-16(28)10-17/h2-11H,12H2,1H3,(H,31,33). The van der Waals surface area contributed by atoms with Crippen LogP contribution in [0.1, 0.15) is 11.4 Å². The molecule has 0 aliphatic heterocycles. The maximum absolute atomic E-state index is 13.3. The fraction of sp³-hybridized carbons (Fsp3) is 0.0833. The van der Waals surface area contributed by atoms with Gasteiger partial charge in [0.05, 0.1) is 26.1 Å². The first kappa shape index (κ1) is 25.2. The molecule has 0 unspecified atom stereocenters. The second-order valence-corrected chi connectivity index (χ2v) is 9.97. The van der Waals surface area contributed by atoms with Crippen LogP contribution in [0.4, 0.5) is 10.1 Å². The molecular weight excluding hydrogens is 651 g/mol. The second-order valence-electron chi connectivity index (χ2n) is 7.34. The lowest BCUT2D eigenvalue weighted by molar-refractivity contribution is -0.118. The van der Waals surface area contributed by atoms with Crippen LogP contribution in [-0.4, -0.2) is 28.4 Å². The lowest BCUT2D eigenvalue weighted by Crippen LogP contribution is -2.21. The van der Waals surface area contributed by atoms with Crippen molar-refractivity contribution in [3.63, 3.8) is 0 Å². The van der Waals surface area contributed by atoms with E-state index in [1.54, 1.807) is 37.3 Å². The number of amides is 1. The van der Waals surface area contributed by atoms with Gasteiger partial charge in [0.1, 0.15) is 17.4 Å². The zero-order valence-electron chi connectivity index (χ0n) is 18.1. The summed E-state index contributed by atoms with van der Waals surface area (Å²) in [4.78, 5) is 29.5. The molecule has 11 heteroatoms. The van der Waals surface area contributed by atoms with Gasteiger partial charge in [-0.1, -0.05) is 22.0 Å². The van der Waals surface area contributed by atoms with E-state index >= 15 is 0 Å². The van der Waals surface area contributed by atoms with Gasteiger partial charge < -0.3 is 10.1 Å². The van der Waals surface area contributed by atoms with Crippen LogP contribution in [0.25, 0.3) is 10.9 Å². The number of aromatic nitrogens is 2. The molecule has 0 saturated heterocycles. The lowest BCUT2D eigenvalue weighted by atomic mass is 10.2. The summed E-state index contributed by atoms with van der Waals surface area (Å²) in [7, 11) is 0. The fourth-order valence-electron chi connectivity index (χ4n) is 3.21. The SMILES string of the molecule is Cc1nc2ccc(Br)cc2c(=O)n1N=Cc1cc(Br)c(OCC(=O)Nc2cccc(F)c2)c(Br)c1. The Labute approximate surface area is 224 Å². The molecule has 0 bridgehead atoms. The van der Waals surface area contributed by atoms with E-state index in [4.69, 9.17) is 4.74 Å². The average molecular weight is 667 g/mol. The number of carbonyl (C=O) groups excluding carboxylic acids is 1. The fourth-order valence-corrected chi connectivity index (χ4v) is 5.02. The third-order valence-corrected chi connectivity index (χ3v) is 6.44. The lowest BCUT2D eigenvalue weighted by Gasteiger charge is -2.12. The Bertz CT molecular complexity index is 1520. The van der Waals surface area contributed by atoms with Crippen LogP contribution in [0.3, 0.4) is 0 Å². The molecular formula is C24H16Br3FN4O3. The predicted octanol–water partition coefficient (Wildman–Crippen LogP) is 6.03. The van der Waals surface area contributed by atoms with E-state index in [1.165, 1.54) is 29.1 Å². The smallest absolute Gasteiger partial charge is 0.282 e. The van der Waals surface area contributed by atoms with E-state index < -0.39 is 11.7 Å². The number of nitrogens with zero attached hydrogens (tertiary/aromatic N) is 3. The van der Waals surface area contributed by atoms with Crippen molar-refractivity contribution in [2.45, 2.75) is 6.92 Å². The molecule has 0 fully saturated rings. The molecule has 0 saturated carbocycles. The van der Waals surface area contributed by atoms with Gasteiger partial charge in [-0.3, -0.25) is 9.59 Å². The Kier molecular flexibility index (Phi) is 7.78. The minimum Gasteiger partial charge on any atom is -0.481 e. The van der Waals surface area contributed by atoms with E-state index in [0.717, 1.165) is 4.47 Å². The molecule has 1 heterocycles. The van der Waals surface area contributed by atoms with Gasteiger partial charge in [-0.15, -0.1) is 0 Å². The number of hydrogen-bond donors (Lipinski definition) is 1. The summed E-state index contributed by atoms with van der Waals surface area (Å²) >= 11 is 10.2. The number of ether oxygens (including phenoxy) is 1. The van der Waals surface area contributed by atoms with Crippen molar-refractivity contribution in [2.24, 2.45) is 5.10 Å². The predicted molar refractivity (Wildman–Crippen MR) is 144 cm³/mol. The van der Waals surface area contributed by atoms with Crippen molar-refractivity contribution >= 4 is 76.5 Å². The highest BCUT2D eigenvalue weighted by atomic mass is 79.9. The molecule has 1 amide bonds. The van der Waals surface area contributed by atoms with Crippen molar-refractivity contribution in [1.29, 1.82) is 0 Å². The van der Waals surface area contributed by atoms with Crippen LogP contribution in [0.15, 0.2) is 77.9 Å². The van der Waals surface area contributed by atoms with E-state index in [9.17, 15) is 14.0 Å². The molecule has 0 atom stereocenters. The van der Waals surface area contributed by atoms with Crippen molar-refractivity contribution in [3.05, 3.63) is 95.6 Å². The number of nitrogens with one attached hydrogen (secondary N) is 1. The Morgan fingerprint density at radius 1 is 1.14 bits per heavy atom. The molecule has 3 aromatic carbocycles. The minimum atomic E-state index is -0.448. The van der Waals surface area contributed by atoms with E-state index in [1.807, 2.05) is 6.07 Å². The molecule has 7 nitrogen and oxygen atoms in total.